The van der Waals surface area contributed by atoms with Gasteiger partial charge in [0.05, 0.1) is 5.56 Å². The van der Waals surface area contributed by atoms with E-state index < -0.39 is 46.6 Å². The van der Waals surface area contributed by atoms with Crippen LogP contribution in [0.4, 0.5) is 13.2 Å². The van der Waals surface area contributed by atoms with Gasteiger partial charge in [-0.25, -0.2) is 23.5 Å². The van der Waals surface area contributed by atoms with Gasteiger partial charge in [0.15, 0.2) is 11.7 Å². The van der Waals surface area contributed by atoms with E-state index in [9.17, 15) is 32.3 Å². The highest BCUT2D eigenvalue weighted by molar-refractivity contribution is 6.32. The predicted octanol–water partition coefficient (Wildman–Crippen LogP) is 3.84. The maximum atomic E-state index is 14.1. The van der Waals surface area contributed by atoms with Gasteiger partial charge in [-0.15, -0.1) is 16.7 Å². The molecular weight excluding hydrogens is 620 g/mol. The van der Waals surface area contributed by atoms with E-state index in [2.05, 4.69) is 20.4 Å². The number of aromatic nitrogens is 4. The van der Waals surface area contributed by atoms with Gasteiger partial charge < -0.3 is 15.5 Å². The average molecular weight is 645 g/mol. The van der Waals surface area contributed by atoms with Crippen LogP contribution in [0.2, 0.25) is 5.02 Å². The standard InChI is InChI=1S/C13H10Cl2F3N3O3.C13H15N3O3/c1-5-19-21(13(24)20(5)12(17)18)10-3-6(2-8(15)11(22)23)7(14)4-9(10)16;1-7(2)13(3)12(19)15-10(16-13)9-8(11(17)18)5-4-6-14-9/h3-4,8,12H,2H2,1H3,(H,22,23);4-7H,1-3H3,(H,17,18)(H,15,16,19). The number of aromatic carboxylic acids is 1. The van der Waals surface area contributed by atoms with Crippen LogP contribution in [0.15, 0.2) is 40.2 Å². The van der Waals surface area contributed by atoms with Crippen molar-refractivity contribution in [2.45, 2.75) is 51.6 Å². The molecule has 0 aliphatic carbocycles. The molecule has 43 heavy (non-hydrogen) atoms. The second kappa shape index (κ2) is 13.0. The number of halogens is 5. The van der Waals surface area contributed by atoms with E-state index in [4.69, 9.17) is 33.4 Å². The number of hydrogen-bond acceptors (Lipinski definition) is 7. The zero-order valence-electron chi connectivity index (χ0n) is 23.0. The van der Waals surface area contributed by atoms with Crippen molar-refractivity contribution in [2.24, 2.45) is 10.9 Å². The molecule has 2 unspecified atom stereocenters. The molecule has 3 N–H and O–H groups in total. The lowest BCUT2D eigenvalue weighted by molar-refractivity contribution is -0.136. The maximum Gasteiger partial charge on any atom is 0.355 e. The summed E-state index contributed by atoms with van der Waals surface area (Å²) in [5, 5.41) is 22.7. The van der Waals surface area contributed by atoms with E-state index in [1.54, 1.807) is 6.92 Å². The van der Waals surface area contributed by atoms with Gasteiger partial charge in [-0.1, -0.05) is 25.4 Å². The Bertz CT molecular complexity index is 1680. The predicted molar refractivity (Wildman–Crippen MR) is 149 cm³/mol. The quantitative estimate of drug-likeness (QED) is 0.311. The lowest BCUT2D eigenvalue weighted by atomic mass is 9.89. The summed E-state index contributed by atoms with van der Waals surface area (Å²) in [6, 6.07) is 4.86. The molecule has 3 heterocycles. The maximum absolute atomic E-state index is 14.1. The highest BCUT2D eigenvalue weighted by Gasteiger charge is 2.43. The number of carbonyl (C=O) groups is 3. The number of carbonyl (C=O) groups excluding carboxylic acids is 1. The third-order valence-electron chi connectivity index (χ3n) is 6.61. The summed E-state index contributed by atoms with van der Waals surface area (Å²) in [4.78, 5) is 54.3. The molecule has 4 rings (SSSR count). The molecule has 17 heteroatoms. The van der Waals surface area contributed by atoms with Crippen LogP contribution in [0.5, 0.6) is 0 Å². The number of amides is 1. The molecule has 3 aromatic rings. The minimum atomic E-state index is -3.14. The molecule has 230 valence electrons. The molecule has 0 radical (unpaired) electrons. The number of pyridine rings is 1. The van der Waals surface area contributed by atoms with Crippen LogP contribution in [0.25, 0.3) is 5.69 Å². The fourth-order valence-corrected chi connectivity index (χ4v) is 4.25. The Kier molecular flexibility index (Phi) is 10.0. The van der Waals surface area contributed by atoms with Gasteiger partial charge in [0.1, 0.15) is 28.1 Å². The first-order valence-electron chi connectivity index (χ1n) is 12.4. The monoisotopic (exact) mass is 644 g/mol. The Balaban J connectivity index is 0.000000242. The van der Waals surface area contributed by atoms with Gasteiger partial charge in [-0.05, 0) is 49.6 Å². The summed E-state index contributed by atoms with van der Waals surface area (Å²) in [7, 11) is 0. The van der Waals surface area contributed by atoms with Crippen molar-refractivity contribution in [3.8, 4) is 5.69 Å². The first-order valence-corrected chi connectivity index (χ1v) is 13.2. The highest BCUT2D eigenvalue weighted by Crippen LogP contribution is 2.27. The van der Waals surface area contributed by atoms with Gasteiger partial charge in [-0.3, -0.25) is 14.6 Å². The van der Waals surface area contributed by atoms with Crippen molar-refractivity contribution in [1.29, 1.82) is 0 Å². The van der Waals surface area contributed by atoms with Gasteiger partial charge in [0, 0.05) is 17.6 Å². The van der Waals surface area contributed by atoms with Gasteiger partial charge in [0.25, 0.3) is 5.91 Å². The van der Waals surface area contributed by atoms with Gasteiger partial charge in [0.2, 0.25) is 0 Å². The SMILES string of the molecule is CC(C)C1(C)N=C(c2ncccc2C(=O)O)NC1=O.Cc1nn(-c2cc(CC(Cl)C(=O)O)c(Cl)cc2F)c(=O)n1C(F)F. The largest absolute Gasteiger partial charge is 0.480 e. The van der Waals surface area contributed by atoms with E-state index in [-0.39, 0.29) is 56.3 Å². The number of aliphatic imine (C=N–C) groups is 1. The summed E-state index contributed by atoms with van der Waals surface area (Å²) < 4.78 is 40.3. The molecule has 1 amide bonds. The number of aryl methyl sites for hydroxylation is 1. The molecule has 1 aromatic carbocycles. The fourth-order valence-electron chi connectivity index (χ4n) is 3.85. The van der Waals surface area contributed by atoms with E-state index in [1.807, 2.05) is 13.8 Å². The third-order valence-corrected chi connectivity index (χ3v) is 7.30. The van der Waals surface area contributed by atoms with E-state index >= 15 is 0 Å². The van der Waals surface area contributed by atoms with E-state index in [0.29, 0.717) is 4.68 Å². The zero-order chi connectivity index (χ0) is 32.4. The topological polar surface area (TPSA) is 169 Å². The van der Waals surface area contributed by atoms with Crippen molar-refractivity contribution in [3.05, 3.63) is 74.4 Å². The van der Waals surface area contributed by atoms with E-state index in [0.717, 1.165) is 19.1 Å². The van der Waals surface area contributed by atoms with Crippen molar-refractivity contribution < 1.29 is 37.8 Å². The van der Waals surface area contributed by atoms with Crippen molar-refractivity contribution in [3.63, 3.8) is 0 Å². The Labute approximate surface area is 251 Å². The van der Waals surface area contributed by atoms with Crippen molar-refractivity contribution in [1.82, 2.24) is 24.6 Å². The summed E-state index contributed by atoms with van der Waals surface area (Å²) in [6.07, 6.45) is 1.22. The summed E-state index contributed by atoms with van der Waals surface area (Å²) >= 11 is 11.5. The minimum absolute atomic E-state index is 0.00184. The molecule has 2 aromatic heterocycles. The number of nitrogens with zero attached hydrogens (tertiary/aromatic N) is 5. The molecule has 0 bridgehead atoms. The number of nitrogens with one attached hydrogen (secondary N) is 1. The van der Waals surface area contributed by atoms with Crippen molar-refractivity contribution >= 4 is 46.9 Å². The molecular formula is C26H25Cl2F3N6O6. The summed E-state index contributed by atoms with van der Waals surface area (Å²) in [5.41, 5.74) is -2.22. The molecule has 0 spiro atoms. The fraction of sp³-hybridized carbons (Fsp3) is 0.346. The van der Waals surface area contributed by atoms with Crippen LogP contribution in [-0.4, -0.2) is 64.1 Å². The zero-order valence-corrected chi connectivity index (χ0v) is 24.5. The van der Waals surface area contributed by atoms with Gasteiger partial charge in [-0.2, -0.15) is 13.5 Å². The highest BCUT2D eigenvalue weighted by atomic mass is 35.5. The molecule has 0 saturated heterocycles. The molecule has 1 aliphatic heterocycles. The second-order valence-electron chi connectivity index (χ2n) is 9.72. The molecule has 1 aliphatic rings. The van der Waals surface area contributed by atoms with Crippen LogP contribution >= 0.6 is 23.2 Å². The van der Waals surface area contributed by atoms with Crippen LogP contribution in [0.3, 0.4) is 0 Å². The number of benzene rings is 1. The lowest BCUT2D eigenvalue weighted by Crippen LogP contribution is -2.41. The van der Waals surface area contributed by atoms with Crippen LogP contribution in [0, 0.1) is 18.7 Å². The first kappa shape index (κ1) is 33.3. The van der Waals surface area contributed by atoms with Crippen LogP contribution < -0.4 is 11.0 Å². The Hall–Kier alpha value is -4.24. The number of carboxylic acid groups (broad SMARTS) is 2. The Morgan fingerprint density at radius 1 is 1.19 bits per heavy atom. The summed E-state index contributed by atoms with van der Waals surface area (Å²) in [6.45, 7) is 3.53. The molecule has 2 atom stereocenters. The number of aliphatic carboxylic acids is 1. The number of carboxylic acids is 2. The number of amidine groups is 1. The Morgan fingerprint density at radius 3 is 2.35 bits per heavy atom. The smallest absolute Gasteiger partial charge is 0.355 e. The Morgan fingerprint density at radius 2 is 1.84 bits per heavy atom. The van der Waals surface area contributed by atoms with E-state index in [1.165, 1.54) is 18.3 Å². The van der Waals surface area contributed by atoms with Crippen LogP contribution in [-0.2, 0) is 16.0 Å². The molecule has 0 saturated carbocycles. The molecule has 12 nitrogen and oxygen atoms in total. The molecule has 0 fully saturated rings. The normalized spacial score (nSPS) is 16.9. The number of hydrogen-bond donors (Lipinski definition) is 3. The average Bonchev–Trinajstić information content (AvgIpc) is 3.40. The lowest BCUT2D eigenvalue weighted by Gasteiger charge is -2.21. The number of rotatable bonds is 8. The minimum Gasteiger partial charge on any atom is -0.480 e. The van der Waals surface area contributed by atoms with Crippen molar-refractivity contribution in [2.75, 3.05) is 0 Å². The van der Waals surface area contributed by atoms with Gasteiger partial charge >= 0.3 is 24.2 Å². The third kappa shape index (κ3) is 6.88. The number of alkyl halides is 3. The second-order valence-corrected chi connectivity index (χ2v) is 10.6. The summed E-state index contributed by atoms with van der Waals surface area (Å²) in [5.74, 6) is -3.72. The van der Waals surface area contributed by atoms with Crippen LogP contribution in [0.1, 0.15) is 54.8 Å². The first-order chi connectivity index (χ1) is 20.0.